The summed E-state index contributed by atoms with van der Waals surface area (Å²) in [6.07, 6.45) is 2.31. The lowest BCUT2D eigenvalue weighted by atomic mass is 10.1. The predicted molar refractivity (Wildman–Crippen MR) is 52.7 cm³/mol. The Bertz CT molecular complexity index is 281. The van der Waals surface area contributed by atoms with E-state index in [1.54, 1.807) is 0 Å². The smallest absolute Gasteiger partial charge is 0.150 e. The van der Waals surface area contributed by atoms with Crippen LogP contribution >= 0.6 is 0 Å². The normalized spacial score (nSPS) is 23.5. The number of hydrogen-bond acceptors (Lipinski definition) is 3. The summed E-state index contributed by atoms with van der Waals surface area (Å²) in [5.74, 6) is 1.03. The molecule has 1 aromatic rings. The fraction of sp³-hybridized carbons (Fsp3) is 0.667. The van der Waals surface area contributed by atoms with E-state index in [0.29, 0.717) is 6.04 Å². The van der Waals surface area contributed by atoms with Crippen LogP contribution in [-0.4, -0.2) is 29.3 Å². The highest BCUT2D eigenvalue weighted by Gasteiger charge is 2.18. The first kappa shape index (κ1) is 8.56. The number of nitrogens with zero attached hydrogens (tertiary/aromatic N) is 2. The van der Waals surface area contributed by atoms with Gasteiger partial charge < -0.3 is 10.6 Å². The van der Waals surface area contributed by atoms with Gasteiger partial charge in [-0.15, -0.1) is 0 Å². The number of aromatic nitrogens is 2. The Morgan fingerprint density at radius 1 is 1.69 bits per heavy atom. The van der Waals surface area contributed by atoms with Gasteiger partial charge in [0.15, 0.2) is 5.82 Å². The zero-order valence-corrected chi connectivity index (χ0v) is 7.95. The summed E-state index contributed by atoms with van der Waals surface area (Å²) in [7, 11) is 0. The Hall–Kier alpha value is -1.03. The molecule has 4 heteroatoms. The Labute approximate surface area is 78.1 Å². The van der Waals surface area contributed by atoms with Crippen LogP contribution in [0.5, 0.6) is 0 Å². The van der Waals surface area contributed by atoms with Gasteiger partial charge in [-0.25, -0.2) is 0 Å². The molecule has 0 aromatic carbocycles. The van der Waals surface area contributed by atoms with Gasteiger partial charge in [0.05, 0.1) is 0 Å². The van der Waals surface area contributed by atoms with Gasteiger partial charge in [-0.1, -0.05) is 0 Å². The molecule has 13 heavy (non-hydrogen) atoms. The standard InChI is InChI=1S/C9H16N4/c1-7-5-9(12-11-7)13-4-2-3-8(10)6-13/h5,8H,2-4,6,10H2,1H3,(H,11,12). The first-order chi connectivity index (χ1) is 6.25. The zero-order valence-electron chi connectivity index (χ0n) is 7.95. The Morgan fingerprint density at radius 3 is 3.15 bits per heavy atom. The number of aryl methyl sites for hydroxylation is 1. The van der Waals surface area contributed by atoms with E-state index in [0.717, 1.165) is 31.0 Å². The maximum Gasteiger partial charge on any atom is 0.150 e. The summed E-state index contributed by atoms with van der Waals surface area (Å²) in [5, 5.41) is 7.17. The summed E-state index contributed by atoms with van der Waals surface area (Å²) < 4.78 is 0. The van der Waals surface area contributed by atoms with Crippen molar-refractivity contribution in [3.05, 3.63) is 11.8 Å². The highest BCUT2D eigenvalue weighted by Crippen LogP contribution is 2.17. The summed E-state index contributed by atoms with van der Waals surface area (Å²) >= 11 is 0. The number of H-pyrrole nitrogens is 1. The zero-order chi connectivity index (χ0) is 9.26. The number of hydrogen-bond donors (Lipinski definition) is 2. The molecule has 72 valence electrons. The average molecular weight is 180 g/mol. The van der Waals surface area contributed by atoms with Crippen molar-refractivity contribution >= 4 is 5.82 Å². The minimum Gasteiger partial charge on any atom is -0.354 e. The number of aromatic amines is 1. The fourth-order valence-corrected chi connectivity index (χ4v) is 1.78. The maximum atomic E-state index is 5.89. The monoisotopic (exact) mass is 180 g/mol. The SMILES string of the molecule is Cc1cc(N2CCCC(N)C2)n[nH]1. The Morgan fingerprint density at radius 2 is 2.54 bits per heavy atom. The molecule has 0 saturated carbocycles. The predicted octanol–water partition coefficient (Wildman–Crippen LogP) is 0.646. The maximum absolute atomic E-state index is 5.89. The second-order valence-electron chi connectivity index (χ2n) is 3.76. The lowest BCUT2D eigenvalue weighted by Crippen LogP contribution is -2.43. The Kier molecular flexibility index (Phi) is 2.22. The molecule has 0 radical (unpaired) electrons. The van der Waals surface area contributed by atoms with Crippen molar-refractivity contribution < 1.29 is 0 Å². The molecule has 0 spiro atoms. The van der Waals surface area contributed by atoms with E-state index in [9.17, 15) is 0 Å². The fourth-order valence-electron chi connectivity index (χ4n) is 1.78. The van der Waals surface area contributed by atoms with Gasteiger partial charge in [-0.05, 0) is 19.8 Å². The lowest BCUT2D eigenvalue weighted by Gasteiger charge is -2.30. The van der Waals surface area contributed by atoms with E-state index in [2.05, 4.69) is 21.2 Å². The van der Waals surface area contributed by atoms with E-state index < -0.39 is 0 Å². The van der Waals surface area contributed by atoms with Crippen molar-refractivity contribution in [2.45, 2.75) is 25.8 Å². The topological polar surface area (TPSA) is 57.9 Å². The van der Waals surface area contributed by atoms with Crippen molar-refractivity contribution in [1.29, 1.82) is 0 Å². The van der Waals surface area contributed by atoms with Crippen LogP contribution in [0.1, 0.15) is 18.5 Å². The van der Waals surface area contributed by atoms with Crippen molar-refractivity contribution in [2.75, 3.05) is 18.0 Å². The summed E-state index contributed by atoms with van der Waals surface area (Å²) in [5.41, 5.74) is 7.00. The minimum absolute atomic E-state index is 0.311. The quantitative estimate of drug-likeness (QED) is 0.667. The first-order valence-corrected chi connectivity index (χ1v) is 4.78. The van der Waals surface area contributed by atoms with Gasteiger partial charge in [0.25, 0.3) is 0 Å². The summed E-state index contributed by atoms with van der Waals surface area (Å²) in [6, 6.07) is 2.38. The van der Waals surface area contributed by atoms with Crippen LogP contribution in [0.2, 0.25) is 0 Å². The van der Waals surface area contributed by atoms with Crippen LogP contribution in [0, 0.1) is 6.92 Å². The lowest BCUT2D eigenvalue weighted by molar-refractivity contribution is 0.503. The van der Waals surface area contributed by atoms with Gasteiger partial charge >= 0.3 is 0 Å². The first-order valence-electron chi connectivity index (χ1n) is 4.78. The summed E-state index contributed by atoms with van der Waals surface area (Å²) in [4.78, 5) is 2.25. The minimum atomic E-state index is 0.311. The van der Waals surface area contributed by atoms with Gasteiger partial charge in [0, 0.05) is 30.9 Å². The van der Waals surface area contributed by atoms with E-state index in [4.69, 9.17) is 5.73 Å². The molecule has 0 amide bonds. The van der Waals surface area contributed by atoms with Crippen LogP contribution in [0.4, 0.5) is 5.82 Å². The van der Waals surface area contributed by atoms with Crippen molar-refractivity contribution in [2.24, 2.45) is 5.73 Å². The second kappa shape index (κ2) is 3.38. The molecule has 1 aliphatic rings. The number of nitrogens with two attached hydrogens (primary N) is 1. The number of anilines is 1. The molecular weight excluding hydrogens is 164 g/mol. The van der Waals surface area contributed by atoms with Crippen LogP contribution in [0.3, 0.4) is 0 Å². The summed E-state index contributed by atoms with van der Waals surface area (Å²) in [6.45, 7) is 4.03. The van der Waals surface area contributed by atoms with Crippen LogP contribution in [0.15, 0.2) is 6.07 Å². The largest absolute Gasteiger partial charge is 0.354 e. The average Bonchev–Trinajstić information content (AvgIpc) is 2.52. The molecule has 4 nitrogen and oxygen atoms in total. The molecule has 1 aromatic heterocycles. The Balaban J connectivity index is 2.08. The number of nitrogens with one attached hydrogen (secondary N) is 1. The van der Waals surface area contributed by atoms with Crippen molar-refractivity contribution in [3.63, 3.8) is 0 Å². The van der Waals surface area contributed by atoms with E-state index in [-0.39, 0.29) is 0 Å². The van der Waals surface area contributed by atoms with Crippen molar-refractivity contribution in [1.82, 2.24) is 10.2 Å². The number of rotatable bonds is 1. The molecule has 1 unspecified atom stereocenters. The molecule has 1 fully saturated rings. The highest BCUT2D eigenvalue weighted by molar-refractivity contribution is 5.39. The van der Waals surface area contributed by atoms with Gasteiger partial charge in [0.1, 0.15) is 0 Å². The highest BCUT2D eigenvalue weighted by atomic mass is 15.3. The van der Waals surface area contributed by atoms with E-state index in [1.807, 2.05) is 6.92 Å². The molecular formula is C9H16N4. The molecule has 0 aliphatic carbocycles. The third-order valence-corrected chi connectivity index (χ3v) is 2.47. The molecule has 1 aliphatic heterocycles. The molecule has 2 heterocycles. The third kappa shape index (κ3) is 1.83. The molecule has 0 bridgehead atoms. The van der Waals surface area contributed by atoms with Crippen LogP contribution < -0.4 is 10.6 Å². The van der Waals surface area contributed by atoms with E-state index in [1.165, 1.54) is 6.42 Å². The third-order valence-electron chi connectivity index (χ3n) is 2.47. The molecule has 2 rings (SSSR count). The van der Waals surface area contributed by atoms with Gasteiger partial charge in [-0.2, -0.15) is 5.10 Å². The molecule has 1 saturated heterocycles. The van der Waals surface area contributed by atoms with Gasteiger partial charge in [-0.3, -0.25) is 5.10 Å². The number of piperidine rings is 1. The molecule has 3 N–H and O–H groups in total. The second-order valence-corrected chi connectivity index (χ2v) is 3.76. The van der Waals surface area contributed by atoms with Crippen molar-refractivity contribution in [3.8, 4) is 0 Å². The van der Waals surface area contributed by atoms with E-state index >= 15 is 0 Å². The van der Waals surface area contributed by atoms with Crippen LogP contribution in [-0.2, 0) is 0 Å². The van der Waals surface area contributed by atoms with Crippen LogP contribution in [0.25, 0.3) is 0 Å². The van der Waals surface area contributed by atoms with Gasteiger partial charge in [0.2, 0.25) is 0 Å². The molecule has 1 atom stereocenters.